The summed E-state index contributed by atoms with van der Waals surface area (Å²) in [7, 11) is -5.89. The Balaban J connectivity index is 3.10. The molecule has 0 saturated heterocycles. The lowest BCUT2D eigenvalue weighted by molar-refractivity contribution is -0.132. The van der Waals surface area contributed by atoms with Crippen LogP contribution >= 0.6 is 25.3 Å². The molecule has 0 aromatic carbocycles. The molecule has 18 heavy (non-hydrogen) atoms. The molecule has 0 aliphatic heterocycles. The molecule has 0 fully saturated rings. The van der Waals surface area contributed by atoms with Crippen LogP contribution in [0.25, 0.3) is 0 Å². The number of carboxylic acids is 1. The minimum absolute atomic E-state index is 0.322. The third-order valence-electron chi connectivity index (χ3n) is 1.99. The lowest BCUT2D eigenvalue weighted by atomic mass is 10.2. The molecular formula is C7H7F3O5S3. The molecule has 1 aliphatic rings. The number of hydrogen-bond acceptors (Lipinski definition) is 6. The second-order valence-electron chi connectivity index (χ2n) is 3.53. The van der Waals surface area contributed by atoms with Gasteiger partial charge in [0, 0.05) is 12.8 Å². The second-order valence-corrected chi connectivity index (χ2v) is 7.13. The maximum absolute atomic E-state index is 12.1. The number of halogens is 3. The highest BCUT2D eigenvalue weighted by molar-refractivity contribution is 8.00. The fraction of sp³-hybridized carbons (Fsp3) is 0.571. The number of carbonyl (C=O) groups is 1. The Morgan fingerprint density at radius 2 is 1.83 bits per heavy atom. The first kappa shape index (κ1) is 15.5. The summed E-state index contributed by atoms with van der Waals surface area (Å²) < 4.78 is 60.3. The quantitative estimate of drug-likeness (QED) is 0.318. The Kier molecular flexibility index (Phi) is 3.90. The van der Waals surface area contributed by atoms with Crippen LogP contribution in [-0.4, -0.2) is 29.1 Å². The summed E-state index contributed by atoms with van der Waals surface area (Å²) in [5.41, 5.74) is -6.21. The van der Waals surface area contributed by atoms with E-state index in [9.17, 15) is 26.4 Å². The van der Waals surface area contributed by atoms with Crippen molar-refractivity contribution in [3.63, 3.8) is 0 Å². The molecule has 1 N–H and O–H groups in total. The van der Waals surface area contributed by atoms with Crippen molar-refractivity contribution in [1.82, 2.24) is 0 Å². The van der Waals surface area contributed by atoms with Crippen molar-refractivity contribution in [1.29, 1.82) is 0 Å². The van der Waals surface area contributed by atoms with Crippen LogP contribution in [0.1, 0.15) is 12.8 Å². The largest absolute Gasteiger partial charge is 0.534 e. The van der Waals surface area contributed by atoms with Gasteiger partial charge >= 0.3 is 21.6 Å². The van der Waals surface area contributed by atoms with E-state index in [2.05, 4.69) is 29.4 Å². The number of allylic oxidation sites excluding steroid dienone is 1. The number of alkyl halides is 3. The van der Waals surface area contributed by atoms with Gasteiger partial charge in [-0.3, -0.25) is 0 Å². The summed E-state index contributed by atoms with van der Waals surface area (Å²) in [4.78, 5) is 10.8. The Labute approximate surface area is 111 Å². The van der Waals surface area contributed by atoms with Gasteiger partial charge in [0.1, 0.15) is 5.76 Å². The molecule has 0 aromatic rings. The van der Waals surface area contributed by atoms with Crippen molar-refractivity contribution >= 4 is 41.3 Å². The molecule has 0 amide bonds. The van der Waals surface area contributed by atoms with Gasteiger partial charge in [-0.05, 0) is 0 Å². The van der Waals surface area contributed by atoms with E-state index in [0.717, 1.165) is 0 Å². The maximum Gasteiger partial charge on any atom is 0.534 e. The van der Waals surface area contributed by atoms with Gasteiger partial charge in [-0.2, -0.15) is 46.8 Å². The van der Waals surface area contributed by atoms with Crippen molar-refractivity contribution in [2.75, 3.05) is 0 Å². The zero-order valence-corrected chi connectivity index (χ0v) is 11.0. The van der Waals surface area contributed by atoms with E-state index in [1.54, 1.807) is 0 Å². The zero-order valence-electron chi connectivity index (χ0n) is 8.43. The molecule has 0 saturated carbocycles. The monoisotopic (exact) mass is 324 g/mol. The summed E-state index contributed by atoms with van der Waals surface area (Å²) in [6.07, 6.45) is -0.770. The van der Waals surface area contributed by atoms with Crippen LogP contribution < -0.4 is 0 Å². The molecule has 11 heteroatoms. The standard InChI is InChI=1S/C7H7F3O5S3/c8-7(9,10)18(13,14)15-4-2-6(16,17)1-3(4)5(11)12/h16-17H,1-2H2,(H,11,12). The number of hydrogen-bond donors (Lipinski definition) is 3. The van der Waals surface area contributed by atoms with Crippen LogP contribution in [0.5, 0.6) is 0 Å². The van der Waals surface area contributed by atoms with E-state index < -0.39 is 43.4 Å². The number of carboxylic acid groups (broad SMARTS) is 1. The van der Waals surface area contributed by atoms with Gasteiger partial charge in [-0.15, -0.1) is 0 Å². The van der Waals surface area contributed by atoms with Gasteiger partial charge in [0.25, 0.3) is 0 Å². The fourth-order valence-electron chi connectivity index (χ4n) is 1.26. The lowest BCUT2D eigenvalue weighted by Crippen LogP contribution is -2.25. The second kappa shape index (κ2) is 4.53. The van der Waals surface area contributed by atoms with Gasteiger partial charge in [0.15, 0.2) is 0 Å². The predicted molar refractivity (Wildman–Crippen MR) is 60.7 cm³/mol. The van der Waals surface area contributed by atoms with Crippen LogP contribution in [0.4, 0.5) is 13.2 Å². The predicted octanol–water partition coefficient (Wildman–Crippen LogP) is 1.54. The van der Waals surface area contributed by atoms with Crippen LogP contribution in [-0.2, 0) is 19.1 Å². The van der Waals surface area contributed by atoms with E-state index in [1.165, 1.54) is 0 Å². The molecule has 5 nitrogen and oxygen atoms in total. The Morgan fingerprint density at radius 3 is 2.22 bits per heavy atom. The molecule has 104 valence electrons. The molecular weight excluding hydrogens is 317 g/mol. The van der Waals surface area contributed by atoms with Crippen LogP contribution in [0.2, 0.25) is 0 Å². The molecule has 0 bridgehead atoms. The lowest BCUT2D eigenvalue weighted by Gasteiger charge is -2.15. The van der Waals surface area contributed by atoms with E-state index in [-0.39, 0.29) is 6.42 Å². The summed E-state index contributed by atoms with van der Waals surface area (Å²) in [6.45, 7) is 0. The van der Waals surface area contributed by atoms with Gasteiger partial charge in [0.2, 0.25) is 0 Å². The average Bonchev–Trinajstić information content (AvgIpc) is 2.38. The average molecular weight is 324 g/mol. The molecule has 0 radical (unpaired) electrons. The van der Waals surface area contributed by atoms with Crippen LogP contribution in [0, 0.1) is 0 Å². The van der Waals surface area contributed by atoms with E-state index in [1.807, 2.05) is 0 Å². The van der Waals surface area contributed by atoms with Crippen LogP contribution in [0.3, 0.4) is 0 Å². The maximum atomic E-state index is 12.1. The first-order valence-corrected chi connectivity index (χ1v) is 6.57. The molecule has 0 atom stereocenters. The van der Waals surface area contributed by atoms with Crippen molar-refractivity contribution in [3.8, 4) is 0 Å². The fourth-order valence-corrected chi connectivity index (χ4v) is 2.38. The van der Waals surface area contributed by atoms with Gasteiger partial charge in [0.05, 0.1) is 9.65 Å². The third-order valence-corrected chi connectivity index (χ3v) is 3.61. The van der Waals surface area contributed by atoms with Gasteiger partial charge < -0.3 is 9.29 Å². The molecule has 0 spiro atoms. The topological polar surface area (TPSA) is 80.7 Å². The van der Waals surface area contributed by atoms with Gasteiger partial charge in [-0.25, -0.2) is 4.79 Å². The first-order chi connectivity index (χ1) is 7.86. The highest BCUT2D eigenvalue weighted by Gasteiger charge is 2.50. The molecule has 0 unspecified atom stereocenters. The Hall–Kier alpha value is -0.550. The summed E-state index contributed by atoms with van der Waals surface area (Å²) in [5.74, 6) is -2.38. The first-order valence-electron chi connectivity index (χ1n) is 4.26. The highest BCUT2D eigenvalue weighted by Crippen LogP contribution is 2.44. The third kappa shape index (κ3) is 3.26. The van der Waals surface area contributed by atoms with Crippen LogP contribution in [0.15, 0.2) is 11.3 Å². The van der Waals surface area contributed by atoms with Crippen molar-refractivity contribution in [3.05, 3.63) is 11.3 Å². The summed E-state index contributed by atoms with van der Waals surface area (Å²) in [5, 5.41) is 8.73. The summed E-state index contributed by atoms with van der Waals surface area (Å²) in [6, 6.07) is 0. The van der Waals surface area contributed by atoms with E-state index in [4.69, 9.17) is 5.11 Å². The number of rotatable bonds is 3. The highest BCUT2D eigenvalue weighted by atomic mass is 32.2. The minimum Gasteiger partial charge on any atom is -0.478 e. The molecule has 0 heterocycles. The van der Waals surface area contributed by atoms with Crippen molar-refractivity contribution in [2.45, 2.75) is 22.4 Å². The normalized spacial score (nSPS) is 20.1. The minimum atomic E-state index is -5.89. The van der Waals surface area contributed by atoms with Crippen molar-refractivity contribution in [2.24, 2.45) is 0 Å². The van der Waals surface area contributed by atoms with E-state index in [0.29, 0.717) is 0 Å². The number of aliphatic carboxylic acids is 1. The SMILES string of the molecule is O=C(O)C1=C(OS(=O)(=O)C(F)(F)F)CC(S)(S)C1. The molecule has 1 aliphatic carbocycles. The molecule has 0 aromatic heterocycles. The zero-order chi connectivity index (χ0) is 14.4. The number of thiol groups is 2. The van der Waals surface area contributed by atoms with Crippen molar-refractivity contribution < 1.29 is 35.7 Å². The van der Waals surface area contributed by atoms with E-state index >= 15 is 0 Å². The smallest absolute Gasteiger partial charge is 0.478 e. The Bertz CT molecular complexity index is 505. The molecule has 1 rings (SSSR count). The summed E-state index contributed by atoms with van der Waals surface area (Å²) >= 11 is 7.78. The Morgan fingerprint density at radius 1 is 1.33 bits per heavy atom. The van der Waals surface area contributed by atoms with Gasteiger partial charge in [-0.1, -0.05) is 0 Å².